The van der Waals surface area contributed by atoms with E-state index in [1.54, 1.807) is 31.2 Å². The first kappa shape index (κ1) is 12.2. The van der Waals surface area contributed by atoms with Crippen molar-refractivity contribution < 1.29 is 0 Å². The highest BCUT2D eigenvalue weighted by atomic mass is 28.1. The van der Waals surface area contributed by atoms with Crippen molar-refractivity contribution in [3.05, 3.63) is 35.9 Å². The zero-order valence-corrected chi connectivity index (χ0v) is 14.1. The van der Waals surface area contributed by atoms with Gasteiger partial charge in [-0.2, -0.15) is 0 Å². The maximum Gasteiger partial charge on any atom is 0.00712 e. The minimum atomic E-state index is 0.898. The highest BCUT2D eigenvalue weighted by Crippen LogP contribution is 2.59. The van der Waals surface area contributed by atoms with E-state index in [9.17, 15) is 0 Å². The molecule has 6 atom stereocenters. The van der Waals surface area contributed by atoms with Crippen molar-refractivity contribution in [3.8, 4) is 0 Å². The molecule has 1 heteroatoms. The first-order chi connectivity index (χ1) is 9.33. The van der Waals surface area contributed by atoms with Gasteiger partial charge < -0.3 is 0 Å². The van der Waals surface area contributed by atoms with Crippen LogP contribution in [-0.2, 0) is 0 Å². The Labute approximate surface area is 120 Å². The van der Waals surface area contributed by atoms with E-state index in [0.717, 1.165) is 35.1 Å². The molecule has 3 saturated carbocycles. The number of hydrogen-bond donors (Lipinski definition) is 0. The van der Waals surface area contributed by atoms with Crippen LogP contribution in [0.1, 0.15) is 50.0 Å². The van der Waals surface area contributed by atoms with Gasteiger partial charge in [0, 0.05) is 10.2 Å². The molecule has 0 bridgehead atoms. The number of rotatable bonds is 1. The van der Waals surface area contributed by atoms with Crippen molar-refractivity contribution in [1.29, 1.82) is 0 Å². The molecule has 0 radical (unpaired) electrons. The maximum absolute atomic E-state index is 2.39. The molecule has 3 aliphatic carbocycles. The van der Waals surface area contributed by atoms with Gasteiger partial charge in [-0.05, 0) is 54.4 Å². The molecule has 0 aromatic heterocycles. The zero-order valence-electron chi connectivity index (χ0n) is 12.1. The molecule has 3 fully saturated rings. The molecule has 19 heavy (non-hydrogen) atoms. The summed E-state index contributed by atoms with van der Waals surface area (Å²) < 4.78 is 0. The average molecular weight is 270 g/mol. The van der Waals surface area contributed by atoms with Crippen LogP contribution in [0.2, 0.25) is 5.54 Å². The van der Waals surface area contributed by atoms with Crippen LogP contribution in [-0.4, -0.2) is 10.2 Å². The monoisotopic (exact) mass is 270 g/mol. The van der Waals surface area contributed by atoms with E-state index in [0.29, 0.717) is 0 Å². The molecule has 3 aliphatic rings. The van der Waals surface area contributed by atoms with Crippen molar-refractivity contribution >= 4 is 10.2 Å². The van der Waals surface area contributed by atoms with Crippen molar-refractivity contribution in [2.24, 2.45) is 23.7 Å². The normalized spacial score (nSPS) is 45.1. The highest BCUT2D eigenvalue weighted by Gasteiger charge is 2.48. The lowest BCUT2D eigenvalue weighted by atomic mass is 9.68. The predicted molar refractivity (Wildman–Crippen MR) is 84.5 cm³/mol. The highest BCUT2D eigenvalue weighted by molar-refractivity contribution is 6.12. The lowest BCUT2D eigenvalue weighted by Crippen LogP contribution is -2.29. The zero-order chi connectivity index (χ0) is 12.8. The first-order valence-electron chi connectivity index (χ1n) is 8.38. The van der Waals surface area contributed by atoms with Gasteiger partial charge in [0.05, 0.1) is 0 Å². The van der Waals surface area contributed by atoms with Crippen LogP contribution < -0.4 is 0 Å². The van der Waals surface area contributed by atoms with Crippen molar-refractivity contribution in [2.75, 3.05) is 0 Å². The molecule has 0 amide bonds. The van der Waals surface area contributed by atoms with Crippen LogP contribution in [0.4, 0.5) is 0 Å². The summed E-state index contributed by atoms with van der Waals surface area (Å²) in [6.45, 7) is 0. The minimum Gasteiger partial charge on any atom is -0.0622 e. The minimum absolute atomic E-state index is 0.898. The third-order valence-electron chi connectivity index (χ3n) is 6.62. The fourth-order valence-electron chi connectivity index (χ4n) is 5.73. The van der Waals surface area contributed by atoms with Gasteiger partial charge >= 0.3 is 0 Å². The first-order valence-corrected chi connectivity index (χ1v) is 9.53. The molecule has 0 spiro atoms. The molecule has 0 heterocycles. The molecule has 0 nitrogen and oxygen atoms in total. The molecular weight excluding hydrogens is 244 g/mol. The molecule has 102 valence electrons. The van der Waals surface area contributed by atoms with E-state index in [2.05, 4.69) is 30.3 Å². The molecule has 0 aliphatic heterocycles. The topological polar surface area (TPSA) is 0 Å². The fourth-order valence-corrected chi connectivity index (χ4v) is 7.01. The summed E-state index contributed by atoms with van der Waals surface area (Å²) in [5.41, 5.74) is 2.74. The van der Waals surface area contributed by atoms with Crippen LogP contribution in [0.3, 0.4) is 0 Å². The summed E-state index contributed by atoms with van der Waals surface area (Å²) >= 11 is 0. The van der Waals surface area contributed by atoms with Gasteiger partial charge in [0.1, 0.15) is 0 Å². The molecule has 6 unspecified atom stereocenters. The second kappa shape index (κ2) is 4.77. The Kier molecular flexibility index (Phi) is 3.06. The van der Waals surface area contributed by atoms with Crippen molar-refractivity contribution in [2.45, 2.75) is 50.0 Å². The number of hydrogen-bond acceptors (Lipinski definition) is 0. The predicted octanol–water partition coefficient (Wildman–Crippen LogP) is 3.77. The van der Waals surface area contributed by atoms with Crippen LogP contribution in [0.25, 0.3) is 0 Å². The molecule has 4 rings (SSSR count). The lowest BCUT2D eigenvalue weighted by molar-refractivity contribution is 0.147. The standard InChI is InChI=1S/C18H26Si/c19-18-11-15(12-5-2-1-3-6-12)16-9-13-7-4-8-14(13)10-17(16)18/h1-3,5-6,13-18H,4,7-11H2,19H3. The third-order valence-corrected chi connectivity index (χ3v) is 7.95. The summed E-state index contributed by atoms with van der Waals surface area (Å²) in [7, 11) is 1.42. The molecule has 0 N–H and O–H groups in total. The number of fused-ring (bicyclic) bond motifs is 2. The van der Waals surface area contributed by atoms with Gasteiger partial charge in [-0.3, -0.25) is 0 Å². The molecular formula is C18H26Si. The Balaban J connectivity index is 1.61. The van der Waals surface area contributed by atoms with Crippen molar-refractivity contribution in [3.63, 3.8) is 0 Å². The van der Waals surface area contributed by atoms with E-state index >= 15 is 0 Å². The van der Waals surface area contributed by atoms with Crippen LogP contribution >= 0.6 is 0 Å². The van der Waals surface area contributed by atoms with E-state index in [-0.39, 0.29) is 0 Å². The lowest BCUT2D eigenvalue weighted by Gasteiger charge is -2.38. The summed E-state index contributed by atoms with van der Waals surface area (Å²) in [6, 6.07) is 11.4. The van der Waals surface area contributed by atoms with Crippen LogP contribution in [0.15, 0.2) is 30.3 Å². The van der Waals surface area contributed by atoms with Gasteiger partial charge in [-0.15, -0.1) is 0 Å². The maximum atomic E-state index is 2.39. The van der Waals surface area contributed by atoms with Gasteiger partial charge in [0.25, 0.3) is 0 Å². The average Bonchev–Trinajstić information content (AvgIpc) is 3.02. The third kappa shape index (κ3) is 2.01. The largest absolute Gasteiger partial charge is 0.0622 e. The fraction of sp³-hybridized carbons (Fsp3) is 0.667. The molecule has 0 saturated heterocycles. The Morgan fingerprint density at radius 1 is 0.842 bits per heavy atom. The molecule has 1 aromatic carbocycles. The summed E-state index contributed by atoms with van der Waals surface area (Å²) in [5, 5.41) is 0. The van der Waals surface area contributed by atoms with E-state index in [1.165, 1.54) is 23.1 Å². The van der Waals surface area contributed by atoms with Crippen LogP contribution in [0.5, 0.6) is 0 Å². The Hall–Kier alpha value is -0.563. The summed E-state index contributed by atoms with van der Waals surface area (Å²) in [5.74, 6) is 5.24. The Morgan fingerprint density at radius 3 is 2.26 bits per heavy atom. The molecule has 1 aromatic rings. The van der Waals surface area contributed by atoms with Gasteiger partial charge in [-0.25, -0.2) is 0 Å². The van der Waals surface area contributed by atoms with Gasteiger partial charge in [0.15, 0.2) is 0 Å². The van der Waals surface area contributed by atoms with Gasteiger partial charge in [0.2, 0.25) is 0 Å². The van der Waals surface area contributed by atoms with Crippen molar-refractivity contribution in [1.82, 2.24) is 0 Å². The SMILES string of the molecule is [SiH3]C1CC(c2ccccc2)C2CC3CCCC3CC12. The van der Waals surface area contributed by atoms with E-state index in [1.807, 2.05) is 0 Å². The van der Waals surface area contributed by atoms with E-state index < -0.39 is 0 Å². The van der Waals surface area contributed by atoms with E-state index in [4.69, 9.17) is 0 Å². The quantitative estimate of drug-likeness (QED) is 0.682. The number of benzene rings is 1. The summed E-state index contributed by atoms with van der Waals surface area (Å²) in [4.78, 5) is 0. The Morgan fingerprint density at radius 2 is 1.53 bits per heavy atom. The summed E-state index contributed by atoms with van der Waals surface area (Å²) in [6.07, 6.45) is 9.28. The smallest absolute Gasteiger partial charge is 0.00712 e. The second-order valence-corrected chi connectivity index (χ2v) is 8.96. The van der Waals surface area contributed by atoms with Gasteiger partial charge in [-0.1, -0.05) is 55.1 Å². The Bertz CT molecular complexity index is 440. The van der Waals surface area contributed by atoms with Crippen LogP contribution in [0, 0.1) is 23.7 Å². The second-order valence-electron chi connectivity index (χ2n) is 7.48.